The third kappa shape index (κ3) is 5.19. The summed E-state index contributed by atoms with van der Waals surface area (Å²) in [6.07, 6.45) is 3.50. The van der Waals surface area contributed by atoms with E-state index >= 15 is 4.39 Å². The van der Waals surface area contributed by atoms with Gasteiger partial charge in [0, 0.05) is 50.0 Å². The van der Waals surface area contributed by atoms with Gasteiger partial charge in [-0.1, -0.05) is 11.3 Å². The SMILES string of the molecule is CO[C@H]1CCN(c2nc3nc(C4CCO[C@@H](c5cnn(C6CC6)c5)C4)nc(-c4ccc(C(F)(F)F)cc4F)c3s2)C1. The molecule has 7 rings (SSSR count). The molecule has 41 heavy (non-hydrogen) atoms. The zero-order chi connectivity index (χ0) is 28.3. The van der Waals surface area contributed by atoms with Crippen molar-refractivity contribution in [3.05, 3.63) is 53.4 Å². The lowest BCUT2D eigenvalue weighted by molar-refractivity contribution is -0.137. The second-order valence-corrected chi connectivity index (χ2v) is 11.9. The number of fused-ring (bicyclic) bond motifs is 1. The average molecular weight is 589 g/mol. The van der Waals surface area contributed by atoms with E-state index in [9.17, 15) is 13.2 Å². The molecule has 0 spiro atoms. The van der Waals surface area contributed by atoms with E-state index in [4.69, 9.17) is 24.4 Å². The Hall–Kier alpha value is -3.16. The van der Waals surface area contributed by atoms with Crippen LogP contribution in [0.5, 0.6) is 0 Å². The zero-order valence-corrected chi connectivity index (χ0v) is 23.1. The van der Waals surface area contributed by atoms with Crippen molar-refractivity contribution in [1.29, 1.82) is 0 Å². The van der Waals surface area contributed by atoms with E-state index in [1.165, 1.54) is 11.3 Å². The van der Waals surface area contributed by atoms with E-state index in [0.717, 1.165) is 43.5 Å². The van der Waals surface area contributed by atoms with Crippen molar-refractivity contribution in [3.8, 4) is 11.3 Å². The molecule has 1 aliphatic carbocycles. The highest BCUT2D eigenvalue weighted by atomic mass is 32.1. The third-order valence-corrected chi connectivity index (χ3v) is 9.24. The highest BCUT2D eigenvalue weighted by Gasteiger charge is 2.34. The summed E-state index contributed by atoms with van der Waals surface area (Å²) in [5.74, 6) is -0.602. The summed E-state index contributed by atoms with van der Waals surface area (Å²) in [7, 11) is 1.67. The van der Waals surface area contributed by atoms with Crippen LogP contribution in [0.3, 0.4) is 0 Å². The normalized spacial score (nSPS) is 23.5. The van der Waals surface area contributed by atoms with E-state index in [2.05, 4.69) is 10.00 Å². The number of benzene rings is 1. The van der Waals surface area contributed by atoms with Crippen molar-refractivity contribution in [2.75, 3.05) is 31.7 Å². The maximum atomic E-state index is 15.3. The van der Waals surface area contributed by atoms with Gasteiger partial charge in [0.25, 0.3) is 0 Å². The summed E-state index contributed by atoms with van der Waals surface area (Å²) < 4.78 is 69.3. The minimum atomic E-state index is -4.65. The van der Waals surface area contributed by atoms with Crippen LogP contribution in [0.25, 0.3) is 21.6 Å². The predicted molar refractivity (Wildman–Crippen MR) is 144 cm³/mol. The number of aromatic nitrogens is 5. The molecule has 1 saturated carbocycles. The van der Waals surface area contributed by atoms with Crippen LogP contribution in [-0.2, 0) is 15.7 Å². The summed E-state index contributed by atoms with van der Waals surface area (Å²) in [5, 5.41) is 5.20. The predicted octanol–water partition coefficient (Wildman–Crippen LogP) is 6.30. The molecule has 3 fully saturated rings. The number of hydrogen-bond donors (Lipinski definition) is 0. The van der Waals surface area contributed by atoms with Gasteiger partial charge in [0.15, 0.2) is 10.8 Å². The Morgan fingerprint density at radius 3 is 2.68 bits per heavy atom. The van der Waals surface area contributed by atoms with Crippen LogP contribution in [0, 0.1) is 5.82 Å². The molecule has 4 aromatic rings. The molecule has 216 valence electrons. The molecule has 1 aromatic carbocycles. The fourth-order valence-corrected chi connectivity index (χ4v) is 6.67. The van der Waals surface area contributed by atoms with E-state index in [0.29, 0.717) is 59.4 Å². The number of alkyl halides is 3. The van der Waals surface area contributed by atoms with Crippen LogP contribution in [0.15, 0.2) is 30.6 Å². The number of methoxy groups -OCH3 is 1. The van der Waals surface area contributed by atoms with E-state index in [1.807, 2.05) is 17.1 Å². The number of rotatable bonds is 6. The molecule has 5 heterocycles. The van der Waals surface area contributed by atoms with Gasteiger partial charge < -0.3 is 14.4 Å². The molecule has 2 saturated heterocycles. The van der Waals surface area contributed by atoms with E-state index < -0.39 is 17.6 Å². The summed E-state index contributed by atoms with van der Waals surface area (Å²) in [6, 6.07) is 3.03. The first-order valence-corrected chi connectivity index (χ1v) is 14.6. The number of anilines is 1. The van der Waals surface area contributed by atoms with Crippen molar-refractivity contribution in [1.82, 2.24) is 24.7 Å². The molecular formula is C28H28F4N6O2S. The Labute approximate surface area is 237 Å². The van der Waals surface area contributed by atoms with Gasteiger partial charge in [-0.05, 0) is 50.3 Å². The van der Waals surface area contributed by atoms with Crippen molar-refractivity contribution in [3.63, 3.8) is 0 Å². The quantitative estimate of drug-likeness (QED) is 0.245. The monoisotopic (exact) mass is 588 g/mol. The molecule has 0 radical (unpaired) electrons. The van der Waals surface area contributed by atoms with Gasteiger partial charge in [-0.25, -0.2) is 14.4 Å². The fourth-order valence-electron chi connectivity index (χ4n) is 5.63. The van der Waals surface area contributed by atoms with Gasteiger partial charge in [-0.2, -0.15) is 23.3 Å². The van der Waals surface area contributed by atoms with Crippen LogP contribution in [0.4, 0.5) is 22.7 Å². The van der Waals surface area contributed by atoms with Crippen LogP contribution in [-0.4, -0.2) is 57.6 Å². The number of halogens is 4. The third-order valence-electron chi connectivity index (χ3n) is 8.12. The van der Waals surface area contributed by atoms with Crippen LogP contribution in [0.1, 0.15) is 67.1 Å². The van der Waals surface area contributed by atoms with Gasteiger partial charge in [-0.15, -0.1) is 0 Å². The van der Waals surface area contributed by atoms with Crippen LogP contribution >= 0.6 is 11.3 Å². The maximum Gasteiger partial charge on any atom is 0.416 e. The molecule has 2 aliphatic heterocycles. The second-order valence-electron chi connectivity index (χ2n) is 10.9. The molecule has 3 atom stereocenters. The maximum absolute atomic E-state index is 15.3. The number of ether oxygens (including phenoxy) is 2. The summed E-state index contributed by atoms with van der Waals surface area (Å²) in [4.78, 5) is 16.5. The Bertz CT molecular complexity index is 1590. The lowest BCUT2D eigenvalue weighted by Gasteiger charge is -2.28. The first-order chi connectivity index (χ1) is 19.8. The van der Waals surface area contributed by atoms with Gasteiger partial charge in [0.1, 0.15) is 16.3 Å². The molecule has 0 N–H and O–H groups in total. The molecule has 3 aliphatic rings. The Balaban J connectivity index is 1.27. The molecule has 1 unspecified atom stereocenters. The lowest BCUT2D eigenvalue weighted by atomic mass is 9.92. The second kappa shape index (κ2) is 10.3. The number of thiazole rings is 1. The first kappa shape index (κ1) is 26.7. The minimum absolute atomic E-state index is 0.00707. The highest BCUT2D eigenvalue weighted by molar-refractivity contribution is 7.22. The summed E-state index contributed by atoms with van der Waals surface area (Å²) in [6.45, 7) is 1.90. The van der Waals surface area contributed by atoms with Gasteiger partial charge in [-0.3, -0.25) is 4.68 Å². The van der Waals surface area contributed by atoms with Gasteiger partial charge >= 0.3 is 6.18 Å². The fraction of sp³-hybridized carbons (Fsp3) is 0.500. The van der Waals surface area contributed by atoms with Crippen LogP contribution < -0.4 is 4.90 Å². The number of hydrogen-bond acceptors (Lipinski definition) is 8. The summed E-state index contributed by atoms with van der Waals surface area (Å²) in [5.41, 5.74) is 0.611. The molecule has 3 aromatic heterocycles. The summed E-state index contributed by atoms with van der Waals surface area (Å²) >= 11 is 1.32. The topological polar surface area (TPSA) is 78.2 Å². The minimum Gasteiger partial charge on any atom is -0.380 e. The standard InChI is InChI=1S/C28H28F4N6O2S/c1-39-19-6-8-37(14-19)27-36-26-24(41-27)23(20-5-2-17(11-21(20)29)28(30,31)32)34-25(35-26)15-7-9-40-22(10-15)16-12-33-38(13-16)18-3-4-18/h2,5,11-13,15,18-19,22H,3-4,6-10,14H2,1H3/t15?,19-,22+/m0/s1. The highest BCUT2D eigenvalue weighted by Crippen LogP contribution is 2.42. The van der Waals surface area contributed by atoms with Crippen molar-refractivity contribution in [2.45, 2.75) is 62.4 Å². The van der Waals surface area contributed by atoms with Crippen molar-refractivity contribution >= 4 is 26.8 Å². The number of nitrogens with zero attached hydrogens (tertiary/aromatic N) is 6. The lowest BCUT2D eigenvalue weighted by Crippen LogP contribution is -2.21. The van der Waals surface area contributed by atoms with Crippen molar-refractivity contribution < 1.29 is 27.0 Å². The first-order valence-electron chi connectivity index (χ1n) is 13.8. The van der Waals surface area contributed by atoms with Gasteiger partial charge in [0.2, 0.25) is 0 Å². The van der Waals surface area contributed by atoms with Crippen molar-refractivity contribution in [2.24, 2.45) is 0 Å². The Morgan fingerprint density at radius 2 is 1.95 bits per heavy atom. The Morgan fingerprint density at radius 1 is 1.10 bits per heavy atom. The van der Waals surface area contributed by atoms with E-state index in [-0.39, 0.29) is 29.4 Å². The smallest absolute Gasteiger partial charge is 0.380 e. The molecule has 8 nitrogen and oxygen atoms in total. The molecule has 13 heteroatoms. The molecular weight excluding hydrogens is 560 g/mol. The molecule has 0 amide bonds. The van der Waals surface area contributed by atoms with Gasteiger partial charge in [0.05, 0.1) is 35.7 Å². The molecule has 0 bridgehead atoms. The zero-order valence-electron chi connectivity index (χ0n) is 22.3. The average Bonchev–Trinajstić information content (AvgIpc) is 3.35. The van der Waals surface area contributed by atoms with E-state index in [1.54, 1.807) is 7.11 Å². The Kier molecular flexibility index (Phi) is 6.70. The van der Waals surface area contributed by atoms with Crippen LogP contribution in [0.2, 0.25) is 0 Å². The largest absolute Gasteiger partial charge is 0.416 e.